The van der Waals surface area contributed by atoms with Crippen LogP contribution in [0.2, 0.25) is 0 Å². The van der Waals surface area contributed by atoms with Gasteiger partial charge in [-0.1, -0.05) is 34.6 Å². The van der Waals surface area contributed by atoms with Crippen molar-refractivity contribution in [2.45, 2.75) is 53.5 Å². The standard InChI is InChI=1S/C14H30N2/c1-6-13(10-15-9-12(2)3)16-8-7-14(4,5)11-16/h12-13,15H,6-11H2,1-5H3. The van der Waals surface area contributed by atoms with Crippen LogP contribution >= 0.6 is 0 Å². The molecule has 2 nitrogen and oxygen atoms in total. The van der Waals surface area contributed by atoms with Gasteiger partial charge in [0.2, 0.25) is 0 Å². The summed E-state index contributed by atoms with van der Waals surface area (Å²) in [6.07, 6.45) is 2.62. The molecule has 1 saturated heterocycles. The van der Waals surface area contributed by atoms with Crippen LogP contribution in [-0.4, -0.2) is 37.1 Å². The van der Waals surface area contributed by atoms with E-state index in [0.29, 0.717) is 5.41 Å². The molecule has 1 rings (SSSR count). The molecule has 0 spiro atoms. The third kappa shape index (κ3) is 4.42. The fourth-order valence-corrected chi connectivity index (χ4v) is 2.54. The van der Waals surface area contributed by atoms with Gasteiger partial charge < -0.3 is 5.32 Å². The monoisotopic (exact) mass is 226 g/mol. The molecule has 0 aromatic rings. The highest BCUT2D eigenvalue weighted by Crippen LogP contribution is 2.30. The lowest BCUT2D eigenvalue weighted by Gasteiger charge is -2.28. The number of rotatable bonds is 6. The molecule has 1 N–H and O–H groups in total. The Hall–Kier alpha value is -0.0800. The Labute approximate surface area is 102 Å². The highest BCUT2D eigenvalue weighted by molar-refractivity contribution is 4.87. The molecule has 1 fully saturated rings. The van der Waals surface area contributed by atoms with Gasteiger partial charge in [-0.15, -0.1) is 0 Å². The second-order valence-corrected chi connectivity index (χ2v) is 6.50. The average Bonchev–Trinajstić information content (AvgIpc) is 2.53. The first-order valence-electron chi connectivity index (χ1n) is 6.89. The summed E-state index contributed by atoms with van der Waals surface area (Å²) in [5.74, 6) is 0.757. The largest absolute Gasteiger partial charge is 0.315 e. The van der Waals surface area contributed by atoms with E-state index in [2.05, 4.69) is 44.8 Å². The van der Waals surface area contributed by atoms with Gasteiger partial charge in [-0.05, 0) is 37.3 Å². The van der Waals surface area contributed by atoms with Crippen LogP contribution in [0.4, 0.5) is 0 Å². The predicted molar refractivity (Wildman–Crippen MR) is 71.8 cm³/mol. The minimum Gasteiger partial charge on any atom is -0.315 e. The maximum atomic E-state index is 3.60. The Kier molecular flexibility index (Phi) is 5.26. The smallest absolute Gasteiger partial charge is 0.0218 e. The van der Waals surface area contributed by atoms with E-state index in [0.717, 1.165) is 25.0 Å². The molecule has 0 amide bonds. The van der Waals surface area contributed by atoms with Crippen LogP contribution in [0.1, 0.15) is 47.5 Å². The van der Waals surface area contributed by atoms with Gasteiger partial charge in [0.1, 0.15) is 0 Å². The third-order valence-corrected chi connectivity index (χ3v) is 3.63. The normalized spacial score (nSPS) is 22.9. The van der Waals surface area contributed by atoms with E-state index in [4.69, 9.17) is 0 Å². The molecule has 96 valence electrons. The molecule has 0 bridgehead atoms. The number of hydrogen-bond acceptors (Lipinski definition) is 2. The summed E-state index contributed by atoms with van der Waals surface area (Å²) in [4.78, 5) is 2.67. The summed E-state index contributed by atoms with van der Waals surface area (Å²) in [7, 11) is 0. The molecule has 1 aliphatic heterocycles. The Bertz CT molecular complexity index is 199. The highest BCUT2D eigenvalue weighted by Gasteiger charge is 2.32. The summed E-state index contributed by atoms with van der Waals surface area (Å²) in [5.41, 5.74) is 0.533. The molecule has 1 unspecified atom stereocenters. The molecule has 1 atom stereocenters. The number of likely N-dealkylation sites (tertiary alicyclic amines) is 1. The topological polar surface area (TPSA) is 15.3 Å². The minimum atomic E-state index is 0.533. The third-order valence-electron chi connectivity index (χ3n) is 3.63. The SMILES string of the molecule is CCC(CNCC(C)C)N1CCC(C)(C)C1. The Morgan fingerprint density at radius 2 is 1.94 bits per heavy atom. The zero-order valence-corrected chi connectivity index (χ0v) is 11.8. The van der Waals surface area contributed by atoms with E-state index < -0.39 is 0 Å². The fraction of sp³-hybridized carbons (Fsp3) is 1.00. The van der Waals surface area contributed by atoms with E-state index in [9.17, 15) is 0 Å². The quantitative estimate of drug-likeness (QED) is 0.749. The Morgan fingerprint density at radius 3 is 2.38 bits per heavy atom. The van der Waals surface area contributed by atoms with Crippen molar-refractivity contribution in [1.82, 2.24) is 10.2 Å². The molecule has 1 heterocycles. The molecule has 0 radical (unpaired) electrons. The second kappa shape index (κ2) is 6.02. The van der Waals surface area contributed by atoms with E-state index in [1.165, 1.54) is 25.9 Å². The van der Waals surface area contributed by atoms with Crippen molar-refractivity contribution in [3.05, 3.63) is 0 Å². The molecule has 0 aromatic heterocycles. The van der Waals surface area contributed by atoms with E-state index in [-0.39, 0.29) is 0 Å². The molecule has 0 aromatic carbocycles. The van der Waals surface area contributed by atoms with Gasteiger partial charge in [0.25, 0.3) is 0 Å². The second-order valence-electron chi connectivity index (χ2n) is 6.50. The van der Waals surface area contributed by atoms with E-state index >= 15 is 0 Å². The Balaban J connectivity index is 2.31. The molecular weight excluding hydrogens is 196 g/mol. The van der Waals surface area contributed by atoms with Gasteiger partial charge in [-0.25, -0.2) is 0 Å². The Morgan fingerprint density at radius 1 is 1.25 bits per heavy atom. The molecular formula is C14H30N2. The lowest BCUT2D eigenvalue weighted by molar-refractivity contribution is 0.205. The zero-order valence-electron chi connectivity index (χ0n) is 11.8. The fourth-order valence-electron chi connectivity index (χ4n) is 2.54. The summed E-state index contributed by atoms with van der Waals surface area (Å²) >= 11 is 0. The van der Waals surface area contributed by atoms with Crippen molar-refractivity contribution >= 4 is 0 Å². The lowest BCUT2D eigenvalue weighted by atomic mass is 9.93. The number of nitrogens with one attached hydrogen (secondary N) is 1. The van der Waals surface area contributed by atoms with Gasteiger partial charge in [-0.2, -0.15) is 0 Å². The average molecular weight is 226 g/mol. The maximum Gasteiger partial charge on any atom is 0.0218 e. The number of nitrogens with zero attached hydrogens (tertiary/aromatic N) is 1. The minimum absolute atomic E-state index is 0.533. The summed E-state index contributed by atoms with van der Waals surface area (Å²) in [6.45, 7) is 16.5. The molecule has 0 aliphatic carbocycles. The molecule has 2 heteroatoms. The van der Waals surface area contributed by atoms with Crippen LogP contribution in [0, 0.1) is 11.3 Å². The van der Waals surface area contributed by atoms with Crippen LogP contribution < -0.4 is 5.32 Å². The van der Waals surface area contributed by atoms with Gasteiger partial charge in [0, 0.05) is 19.1 Å². The van der Waals surface area contributed by atoms with E-state index in [1.807, 2.05) is 0 Å². The van der Waals surface area contributed by atoms with Gasteiger partial charge in [-0.3, -0.25) is 4.90 Å². The summed E-state index contributed by atoms with van der Waals surface area (Å²) in [6, 6.07) is 0.737. The summed E-state index contributed by atoms with van der Waals surface area (Å²) < 4.78 is 0. The molecule has 1 aliphatic rings. The van der Waals surface area contributed by atoms with Crippen molar-refractivity contribution in [2.75, 3.05) is 26.2 Å². The molecule has 0 saturated carbocycles. The molecule has 16 heavy (non-hydrogen) atoms. The van der Waals surface area contributed by atoms with Crippen LogP contribution in [0.3, 0.4) is 0 Å². The van der Waals surface area contributed by atoms with Crippen LogP contribution in [0.15, 0.2) is 0 Å². The van der Waals surface area contributed by atoms with Crippen molar-refractivity contribution < 1.29 is 0 Å². The van der Waals surface area contributed by atoms with Gasteiger partial charge in [0.05, 0.1) is 0 Å². The van der Waals surface area contributed by atoms with Crippen molar-refractivity contribution in [2.24, 2.45) is 11.3 Å². The van der Waals surface area contributed by atoms with E-state index in [1.54, 1.807) is 0 Å². The first-order chi connectivity index (χ1) is 7.44. The zero-order chi connectivity index (χ0) is 12.2. The van der Waals surface area contributed by atoms with Crippen LogP contribution in [0.25, 0.3) is 0 Å². The van der Waals surface area contributed by atoms with Crippen LogP contribution in [-0.2, 0) is 0 Å². The number of hydrogen-bond donors (Lipinski definition) is 1. The van der Waals surface area contributed by atoms with Crippen molar-refractivity contribution in [3.8, 4) is 0 Å². The van der Waals surface area contributed by atoms with Crippen molar-refractivity contribution in [1.29, 1.82) is 0 Å². The maximum absolute atomic E-state index is 3.60. The first-order valence-corrected chi connectivity index (χ1v) is 6.89. The first kappa shape index (κ1) is 14.0. The lowest BCUT2D eigenvalue weighted by Crippen LogP contribution is -2.42. The van der Waals surface area contributed by atoms with Gasteiger partial charge >= 0.3 is 0 Å². The van der Waals surface area contributed by atoms with Gasteiger partial charge in [0.15, 0.2) is 0 Å². The summed E-state index contributed by atoms with van der Waals surface area (Å²) in [5, 5.41) is 3.60. The van der Waals surface area contributed by atoms with Crippen LogP contribution in [0.5, 0.6) is 0 Å². The predicted octanol–water partition coefficient (Wildman–Crippen LogP) is 2.74. The highest BCUT2D eigenvalue weighted by atomic mass is 15.2. The van der Waals surface area contributed by atoms with Crippen molar-refractivity contribution in [3.63, 3.8) is 0 Å².